The number of nitrogens with one attached hydrogen (secondary N) is 2. The van der Waals surface area contributed by atoms with Crippen LogP contribution in [0, 0.1) is 5.92 Å². The number of amides is 2. The van der Waals surface area contributed by atoms with Crippen molar-refractivity contribution in [3.63, 3.8) is 0 Å². The number of anilines is 3. The molecule has 0 bridgehead atoms. The van der Waals surface area contributed by atoms with Crippen molar-refractivity contribution < 1.29 is 37.8 Å². The van der Waals surface area contributed by atoms with Crippen LogP contribution in [0.4, 0.5) is 17.2 Å². The van der Waals surface area contributed by atoms with Gasteiger partial charge in [-0.25, -0.2) is 18.2 Å². The number of carbonyl (C=O) groups excluding carboxylic acids is 2. The summed E-state index contributed by atoms with van der Waals surface area (Å²) in [5, 5.41) is 24.2. The van der Waals surface area contributed by atoms with Gasteiger partial charge < -0.3 is 25.7 Å². The minimum Gasteiger partial charge on any atom is -0.481 e. The number of sulfonamides is 1. The first kappa shape index (κ1) is 40.1. The summed E-state index contributed by atoms with van der Waals surface area (Å²) in [5.41, 5.74) is 3.56. The minimum atomic E-state index is -4.01. The molecule has 3 aromatic carbocycles. The Morgan fingerprint density at radius 1 is 0.786 bits per heavy atom. The van der Waals surface area contributed by atoms with E-state index >= 15 is 0 Å². The molecule has 56 heavy (non-hydrogen) atoms. The van der Waals surface area contributed by atoms with E-state index in [-0.39, 0.29) is 39.9 Å². The highest BCUT2D eigenvalue weighted by molar-refractivity contribution is 7.89. The molecule has 6 rings (SSSR count). The number of aromatic carboxylic acids is 1. The number of piperidine rings is 1. The second-order valence-corrected chi connectivity index (χ2v) is 16.2. The quantitative estimate of drug-likeness (QED) is 0.107. The number of hydrogen-bond donors (Lipinski definition) is 4. The molecule has 2 aliphatic rings. The summed E-state index contributed by atoms with van der Waals surface area (Å²) in [4.78, 5) is 56.8. The summed E-state index contributed by atoms with van der Waals surface area (Å²) in [6, 6.07) is 21.0. The van der Waals surface area contributed by atoms with E-state index in [0.717, 1.165) is 49.2 Å². The minimum absolute atomic E-state index is 0.0450. The summed E-state index contributed by atoms with van der Waals surface area (Å²) in [5.74, 6) is -3.07. The molecule has 0 atom stereocenters. The fourth-order valence-electron chi connectivity index (χ4n) is 7.47. The Balaban J connectivity index is 1.17. The summed E-state index contributed by atoms with van der Waals surface area (Å²) in [6.07, 6.45) is 7.89. The third kappa shape index (κ3) is 9.61. The molecule has 4 N–H and O–H groups in total. The number of rotatable bonds is 14. The van der Waals surface area contributed by atoms with Crippen LogP contribution in [-0.2, 0) is 27.7 Å². The lowest BCUT2D eigenvalue weighted by Gasteiger charge is -2.34. The zero-order valence-corrected chi connectivity index (χ0v) is 32.1. The molecule has 1 aromatic heterocycles. The number of pyridine rings is 1. The molecule has 1 aliphatic carbocycles. The van der Waals surface area contributed by atoms with E-state index in [2.05, 4.69) is 20.5 Å². The van der Waals surface area contributed by atoms with Gasteiger partial charge in [-0.15, -0.1) is 0 Å². The fraction of sp³-hybridized carbons (Fsp3) is 0.357. The fourth-order valence-corrected chi connectivity index (χ4v) is 9.21. The predicted molar refractivity (Wildman–Crippen MR) is 213 cm³/mol. The van der Waals surface area contributed by atoms with Crippen LogP contribution >= 0.6 is 0 Å². The van der Waals surface area contributed by atoms with Gasteiger partial charge in [0.05, 0.1) is 27.6 Å². The molecule has 0 unspecified atom stereocenters. The molecule has 14 heteroatoms. The summed E-state index contributed by atoms with van der Waals surface area (Å²) in [7, 11) is -4.01. The first-order valence-corrected chi connectivity index (χ1v) is 20.5. The van der Waals surface area contributed by atoms with E-state index in [4.69, 9.17) is 5.11 Å². The maximum Gasteiger partial charge on any atom is 0.335 e. The number of carboxylic acid groups (broad SMARTS) is 2. The highest BCUT2D eigenvalue weighted by Gasteiger charge is 2.35. The lowest BCUT2D eigenvalue weighted by Crippen LogP contribution is -2.42. The van der Waals surface area contributed by atoms with Crippen molar-refractivity contribution in [3.8, 4) is 0 Å². The molecule has 1 saturated carbocycles. The molecule has 2 heterocycles. The van der Waals surface area contributed by atoms with Crippen molar-refractivity contribution in [3.05, 3.63) is 113 Å². The van der Waals surface area contributed by atoms with Gasteiger partial charge in [-0.05, 0) is 124 Å². The molecule has 2 fully saturated rings. The highest BCUT2D eigenvalue weighted by atomic mass is 32.2. The van der Waals surface area contributed by atoms with Crippen LogP contribution in [0.25, 0.3) is 0 Å². The van der Waals surface area contributed by atoms with Crippen molar-refractivity contribution in [1.82, 2.24) is 9.29 Å². The average Bonchev–Trinajstić information content (AvgIpc) is 3.21. The van der Waals surface area contributed by atoms with Gasteiger partial charge in [0.25, 0.3) is 11.8 Å². The van der Waals surface area contributed by atoms with Crippen LogP contribution in [0.15, 0.2) is 90.0 Å². The van der Waals surface area contributed by atoms with Gasteiger partial charge in [0, 0.05) is 43.1 Å². The van der Waals surface area contributed by atoms with Gasteiger partial charge in [-0.3, -0.25) is 14.4 Å². The van der Waals surface area contributed by atoms with Gasteiger partial charge in [0.15, 0.2) is 0 Å². The van der Waals surface area contributed by atoms with Crippen LogP contribution in [-0.4, -0.2) is 77.3 Å². The Labute approximate surface area is 326 Å². The highest BCUT2D eigenvalue weighted by Crippen LogP contribution is 2.32. The molecular weight excluding hydrogens is 735 g/mol. The van der Waals surface area contributed by atoms with Gasteiger partial charge in [-0.1, -0.05) is 31.2 Å². The number of carbonyl (C=O) groups is 4. The molecule has 1 aliphatic heterocycles. The number of aromatic nitrogens is 1. The van der Waals surface area contributed by atoms with Gasteiger partial charge >= 0.3 is 11.9 Å². The molecule has 0 radical (unpaired) electrons. The zero-order valence-electron chi connectivity index (χ0n) is 31.3. The van der Waals surface area contributed by atoms with Crippen LogP contribution in [0.1, 0.15) is 94.1 Å². The zero-order chi connectivity index (χ0) is 39.8. The van der Waals surface area contributed by atoms with Crippen molar-refractivity contribution in [2.24, 2.45) is 5.92 Å². The van der Waals surface area contributed by atoms with Crippen LogP contribution in [0.5, 0.6) is 0 Å². The third-order valence-electron chi connectivity index (χ3n) is 10.7. The largest absolute Gasteiger partial charge is 0.481 e. The average molecular weight is 782 g/mol. The Hall–Kier alpha value is -5.60. The van der Waals surface area contributed by atoms with E-state index in [1.165, 1.54) is 28.6 Å². The lowest BCUT2D eigenvalue weighted by molar-refractivity contribution is -0.143. The topological polar surface area (TPSA) is 186 Å². The number of benzene rings is 3. The number of nitrogens with zero attached hydrogens (tertiary/aromatic N) is 3. The van der Waals surface area contributed by atoms with Crippen LogP contribution in [0.2, 0.25) is 0 Å². The number of carboxylic acids is 2. The van der Waals surface area contributed by atoms with Crippen molar-refractivity contribution in [2.75, 3.05) is 35.2 Å². The third-order valence-corrected chi connectivity index (χ3v) is 12.7. The smallest absolute Gasteiger partial charge is 0.335 e. The van der Waals surface area contributed by atoms with Crippen LogP contribution < -0.4 is 15.5 Å². The van der Waals surface area contributed by atoms with Gasteiger partial charge in [0.2, 0.25) is 10.0 Å². The van der Waals surface area contributed by atoms with Gasteiger partial charge in [-0.2, -0.15) is 4.31 Å². The standard InChI is InChI=1S/C42H47N5O8S/c1-2-47(33-18-16-31(17-19-33)42(52)53)56(54,55)35-8-6-7-32(25-35)39(48)44-37-21-20-34(46-23-4-3-5-24-46)26-36(37)40(49)45-38-22-13-29(27-43-38)10-9-28-11-14-30(15-12-28)41(50)51/h6-8,11-15,20-22,25-27,31,33H,2-5,9-10,16-19,23-24H2,1H3,(H,44,48)(H,50,51)(H,52,53)(H,43,45,49). The van der Waals surface area contributed by atoms with Crippen molar-refractivity contribution in [2.45, 2.75) is 75.6 Å². The number of aliphatic carboxylic acids is 1. The normalized spacial score (nSPS) is 17.3. The summed E-state index contributed by atoms with van der Waals surface area (Å²) >= 11 is 0. The first-order chi connectivity index (χ1) is 26.9. The Kier molecular flexibility index (Phi) is 12.8. The lowest BCUT2D eigenvalue weighted by atomic mass is 9.86. The van der Waals surface area contributed by atoms with E-state index in [1.807, 2.05) is 12.1 Å². The monoisotopic (exact) mass is 781 g/mol. The SMILES string of the molecule is CCN(C1CCC(C(=O)O)CC1)S(=O)(=O)c1cccc(C(=O)Nc2ccc(N3CCCCC3)cc2C(=O)Nc2ccc(CCc3ccc(C(=O)O)cc3)cn2)c1. The second kappa shape index (κ2) is 17.9. The summed E-state index contributed by atoms with van der Waals surface area (Å²) < 4.78 is 29.1. The van der Waals surface area contributed by atoms with E-state index in [9.17, 15) is 32.7 Å². The number of hydrogen-bond acceptors (Lipinski definition) is 8. The molecule has 1 saturated heterocycles. The summed E-state index contributed by atoms with van der Waals surface area (Å²) in [6.45, 7) is 3.63. The predicted octanol–water partition coefficient (Wildman–Crippen LogP) is 6.71. The second-order valence-electron chi connectivity index (χ2n) is 14.3. The number of aryl methyl sites for hydroxylation is 2. The molecule has 294 valence electrons. The Morgan fingerprint density at radius 3 is 2.12 bits per heavy atom. The van der Waals surface area contributed by atoms with Crippen molar-refractivity contribution >= 4 is 51.0 Å². The maximum absolute atomic E-state index is 13.9. The van der Waals surface area contributed by atoms with E-state index in [1.54, 1.807) is 55.6 Å². The van der Waals surface area contributed by atoms with E-state index < -0.39 is 39.7 Å². The van der Waals surface area contributed by atoms with Gasteiger partial charge in [0.1, 0.15) is 5.82 Å². The van der Waals surface area contributed by atoms with E-state index in [0.29, 0.717) is 44.3 Å². The molecule has 0 spiro atoms. The maximum atomic E-state index is 13.9. The Bertz CT molecular complexity index is 2160. The Morgan fingerprint density at radius 2 is 1.48 bits per heavy atom. The van der Waals surface area contributed by atoms with Crippen molar-refractivity contribution in [1.29, 1.82) is 0 Å². The van der Waals surface area contributed by atoms with Crippen LogP contribution in [0.3, 0.4) is 0 Å². The molecule has 13 nitrogen and oxygen atoms in total. The molecule has 2 amide bonds. The molecular formula is C42H47N5O8S. The first-order valence-electron chi connectivity index (χ1n) is 19.1. The molecule has 4 aromatic rings.